The molecule has 2 aromatic rings. The number of rotatable bonds is 5. The number of aryl methyl sites for hydroxylation is 2. The largest absolute Gasteiger partial charge is 0.492 e. The van der Waals surface area contributed by atoms with Gasteiger partial charge in [-0.15, -0.1) is 12.4 Å². The van der Waals surface area contributed by atoms with E-state index in [-0.39, 0.29) is 12.4 Å². The molecule has 0 bridgehead atoms. The summed E-state index contributed by atoms with van der Waals surface area (Å²) < 4.78 is 8.71. The van der Waals surface area contributed by atoms with Crippen LogP contribution in [0.2, 0.25) is 5.02 Å². The maximum atomic E-state index is 5.96. The van der Waals surface area contributed by atoms with Crippen LogP contribution in [0.1, 0.15) is 12.0 Å². The van der Waals surface area contributed by atoms with Gasteiger partial charge in [-0.3, -0.25) is 0 Å². The lowest BCUT2D eigenvalue weighted by molar-refractivity contribution is 0.298. The number of hydrogen-bond donors (Lipinski definition) is 0. The molecule has 0 radical (unpaired) electrons. The van der Waals surface area contributed by atoms with Crippen molar-refractivity contribution in [1.82, 2.24) is 9.55 Å². The summed E-state index contributed by atoms with van der Waals surface area (Å²) in [6.07, 6.45) is 6.47. The third kappa shape index (κ3) is 4.71. The van der Waals surface area contributed by atoms with Gasteiger partial charge < -0.3 is 9.30 Å². The van der Waals surface area contributed by atoms with Crippen molar-refractivity contribution in [3.8, 4) is 5.75 Å². The van der Waals surface area contributed by atoms with Crippen LogP contribution in [-0.4, -0.2) is 16.2 Å². The number of hydrogen-bond acceptors (Lipinski definition) is 2. The minimum Gasteiger partial charge on any atom is -0.492 e. The molecule has 0 amide bonds. The van der Waals surface area contributed by atoms with Gasteiger partial charge in [0.25, 0.3) is 0 Å². The van der Waals surface area contributed by atoms with Gasteiger partial charge in [-0.25, -0.2) is 4.98 Å². The van der Waals surface area contributed by atoms with Crippen LogP contribution in [0.4, 0.5) is 0 Å². The highest BCUT2D eigenvalue weighted by Crippen LogP contribution is 2.32. The van der Waals surface area contributed by atoms with Crippen molar-refractivity contribution < 1.29 is 4.74 Å². The summed E-state index contributed by atoms with van der Waals surface area (Å²) >= 11 is 9.42. The number of imidazole rings is 1. The molecule has 3 nitrogen and oxygen atoms in total. The SMILES string of the molecule is Cc1cc(Cl)cc(Br)c1OCCCn1ccnc1.Cl. The summed E-state index contributed by atoms with van der Waals surface area (Å²) in [4.78, 5) is 4.00. The van der Waals surface area contributed by atoms with Crippen LogP contribution in [0.25, 0.3) is 0 Å². The first kappa shape index (κ1) is 16.3. The molecule has 0 aliphatic carbocycles. The Hall–Kier alpha value is -0.710. The smallest absolute Gasteiger partial charge is 0.136 e. The Morgan fingerprint density at radius 3 is 2.84 bits per heavy atom. The molecule has 104 valence electrons. The van der Waals surface area contributed by atoms with E-state index in [0.29, 0.717) is 11.6 Å². The Bertz CT molecular complexity index is 494. The van der Waals surface area contributed by atoms with Crippen molar-refractivity contribution >= 4 is 39.9 Å². The van der Waals surface area contributed by atoms with Gasteiger partial charge in [0.15, 0.2) is 0 Å². The van der Waals surface area contributed by atoms with Gasteiger partial charge in [0.05, 0.1) is 17.4 Å². The van der Waals surface area contributed by atoms with E-state index in [1.807, 2.05) is 36.1 Å². The molecule has 2 rings (SSSR count). The topological polar surface area (TPSA) is 27.1 Å². The zero-order chi connectivity index (χ0) is 13.0. The fourth-order valence-electron chi connectivity index (χ4n) is 1.71. The van der Waals surface area contributed by atoms with Gasteiger partial charge in [-0.2, -0.15) is 0 Å². The summed E-state index contributed by atoms with van der Waals surface area (Å²) in [5.41, 5.74) is 1.04. The Labute approximate surface area is 132 Å². The zero-order valence-corrected chi connectivity index (χ0v) is 13.6. The quantitative estimate of drug-likeness (QED) is 0.729. The van der Waals surface area contributed by atoms with Crippen molar-refractivity contribution in [2.45, 2.75) is 19.9 Å². The maximum Gasteiger partial charge on any atom is 0.136 e. The predicted octanol–water partition coefficient (Wildman–Crippen LogP) is 4.50. The summed E-state index contributed by atoms with van der Waals surface area (Å²) in [5, 5.41) is 0.713. The minimum atomic E-state index is 0. The first-order chi connectivity index (χ1) is 8.66. The highest BCUT2D eigenvalue weighted by Gasteiger charge is 2.06. The number of halogens is 3. The number of nitrogens with zero attached hydrogens (tertiary/aromatic N) is 2. The first-order valence-electron chi connectivity index (χ1n) is 5.71. The summed E-state index contributed by atoms with van der Waals surface area (Å²) in [6, 6.07) is 3.75. The average molecular weight is 366 g/mol. The van der Waals surface area contributed by atoms with E-state index in [1.54, 1.807) is 6.20 Å². The van der Waals surface area contributed by atoms with Crippen molar-refractivity contribution in [2.75, 3.05) is 6.61 Å². The second-order valence-corrected chi connectivity index (χ2v) is 5.33. The van der Waals surface area contributed by atoms with Crippen LogP contribution >= 0.6 is 39.9 Å². The highest BCUT2D eigenvalue weighted by atomic mass is 79.9. The molecule has 0 aliphatic heterocycles. The molecule has 0 saturated heterocycles. The molecule has 0 N–H and O–H groups in total. The van der Waals surface area contributed by atoms with E-state index in [1.165, 1.54) is 0 Å². The monoisotopic (exact) mass is 364 g/mol. The highest BCUT2D eigenvalue weighted by molar-refractivity contribution is 9.10. The molecule has 0 atom stereocenters. The Balaban J connectivity index is 0.00000180. The molecule has 0 unspecified atom stereocenters. The van der Waals surface area contributed by atoms with Crippen molar-refractivity contribution in [2.24, 2.45) is 0 Å². The second-order valence-electron chi connectivity index (χ2n) is 4.04. The summed E-state index contributed by atoms with van der Waals surface area (Å²) in [5.74, 6) is 0.866. The normalized spacial score (nSPS) is 10.1. The fourth-order valence-corrected chi connectivity index (χ4v) is 2.79. The molecule has 1 aromatic heterocycles. The molecule has 19 heavy (non-hydrogen) atoms. The molecular formula is C13H15BrCl2N2O. The average Bonchev–Trinajstić information content (AvgIpc) is 2.79. The standard InChI is InChI=1S/C13H14BrClN2O.ClH/c1-10-7-11(15)8-12(14)13(10)18-6-2-4-17-5-3-16-9-17;/h3,5,7-9H,2,4,6H2,1H3;1H. The molecule has 0 aliphatic rings. The van der Waals surface area contributed by atoms with Crippen LogP contribution in [0.15, 0.2) is 35.3 Å². The lowest BCUT2D eigenvalue weighted by Crippen LogP contribution is -2.04. The third-order valence-corrected chi connectivity index (χ3v) is 3.37. The van der Waals surface area contributed by atoms with E-state index in [4.69, 9.17) is 16.3 Å². The molecule has 0 saturated carbocycles. The summed E-state index contributed by atoms with van der Waals surface area (Å²) in [7, 11) is 0. The van der Waals surface area contributed by atoms with Gasteiger partial charge in [-0.1, -0.05) is 11.6 Å². The first-order valence-corrected chi connectivity index (χ1v) is 6.88. The van der Waals surface area contributed by atoms with E-state index < -0.39 is 0 Å². The van der Waals surface area contributed by atoms with E-state index in [9.17, 15) is 0 Å². The molecule has 0 spiro atoms. The summed E-state index contributed by atoms with van der Waals surface area (Å²) in [6.45, 7) is 3.56. The Morgan fingerprint density at radius 2 is 2.21 bits per heavy atom. The minimum absolute atomic E-state index is 0. The molecular weight excluding hydrogens is 351 g/mol. The van der Waals surface area contributed by atoms with Gasteiger partial charge in [-0.05, 0) is 47.0 Å². The number of benzene rings is 1. The van der Waals surface area contributed by atoms with Gasteiger partial charge in [0, 0.05) is 24.0 Å². The van der Waals surface area contributed by atoms with Crippen molar-refractivity contribution in [3.05, 3.63) is 45.9 Å². The molecule has 6 heteroatoms. The molecule has 1 aromatic carbocycles. The van der Waals surface area contributed by atoms with Crippen LogP contribution in [-0.2, 0) is 6.54 Å². The van der Waals surface area contributed by atoms with Crippen LogP contribution in [0.5, 0.6) is 5.75 Å². The maximum absolute atomic E-state index is 5.96. The lowest BCUT2D eigenvalue weighted by atomic mass is 10.2. The van der Waals surface area contributed by atoms with Crippen LogP contribution in [0, 0.1) is 6.92 Å². The number of aromatic nitrogens is 2. The van der Waals surface area contributed by atoms with E-state index in [0.717, 1.165) is 28.8 Å². The van der Waals surface area contributed by atoms with Crippen molar-refractivity contribution in [3.63, 3.8) is 0 Å². The second kappa shape index (κ2) is 7.78. The van der Waals surface area contributed by atoms with Gasteiger partial charge >= 0.3 is 0 Å². The third-order valence-electron chi connectivity index (χ3n) is 2.56. The molecule has 1 heterocycles. The van der Waals surface area contributed by atoms with Gasteiger partial charge in [0.2, 0.25) is 0 Å². The van der Waals surface area contributed by atoms with Crippen molar-refractivity contribution in [1.29, 1.82) is 0 Å². The van der Waals surface area contributed by atoms with E-state index in [2.05, 4.69) is 20.9 Å². The van der Waals surface area contributed by atoms with Crippen LogP contribution in [0.3, 0.4) is 0 Å². The Kier molecular flexibility index (Phi) is 6.69. The fraction of sp³-hybridized carbons (Fsp3) is 0.308. The number of ether oxygens (including phenoxy) is 1. The Morgan fingerprint density at radius 1 is 1.42 bits per heavy atom. The van der Waals surface area contributed by atoms with E-state index >= 15 is 0 Å². The zero-order valence-electron chi connectivity index (χ0n) is 10.5. The van der Waals surface area contributed by atoms with Gasteiger partial charge in [0.1, 0.15) is 5.75 Å². The van der Waals surface area contributed by atoms with Crippen LogP contribution < -0.4 is 4.74 Å². The predicted molar refractivity (Wildman–Crippen MR) is 83.5 cm³/mol. The lowest BCUT2D eigenvalue weighted by Gasteiger charge is -2.11. The molecule has 0 fully saturated rings.